The number of hydrogen-bond acceptors (Lipinski definition) is 7. The largest absolute Gasteiger partial charge is 0.493 e. The third kappa shape index (κ3) is 6.30. The molecule has 0 radical (unpaired) electrons. The highest BCUT2D eigenvalue weighted by Crippen LogP contribution is 2.42. The molecular formula is C33H23BrCl2N4O5. The van der Waals surface area contributed by atoms with Crippen LogP contribution in [0.2, 0.25) is 10.0 Å². The van der Waals surface area contributed by atoms with Crippen LogP contribution in [-0.2, 0) is 4.79 Å². The second kappa shape index (κ2) is 12.8. The van der Waals surface area contributed by atoms with Crippen LogP contribution in [0.5, 0.6) is 11.5 Å². The fourth-order valence-electron chi connectivity index (χ4n) is 4.59. The van der Waals surface area contributed by atoms with Crippen molar-refractivity contribution in [3.05, 3.63) is 115 Å². The maximum atomic E-state index is 13.7. The standard InChI is InChI=1S/C33H23BrCl2N4O5/c1-18-7-10-22(11-8-18)38-28(41)17-44-31-26(43-2)15-20(29(34)30(31)36)16-37-40-32(39-24-6-4-3-5-23(24)33(40)42)27-14-19-13-21(35)9-12-25(19)45-27/h3-16H,17H2,1-2H3,(H,38,41). The van der Waals surface area contributed by atoms with Crippen molar-refractivity contribution in [2.45, 2.75) is 6.92 Å². The molecule has 6 rings (SSSR count). The van der Waals surface area contributed by atoms with Crippen LogP contribution in [0, 0.1) is 6.92 Å². The Labute approximate surface area is 275 Å². The van der Waals surface area contributed by atoms with Gasteiger partial charge in [0.25, 0.3) is 11.5 Å². The van der Waals surface area contributed by atoms with Crippen molar-refractivity contribution in [3.63, 3.8) is 0 Å². The number of nitrogens with one attached hydrogen (secondary N) is 1. The third-order valence-corrected chi connectivity index (χ3v) is 8.50. The fourth-order valence-corrected chi connectivity index (χ4v) is 5.43. The van der Waals surface area contributed by atoms with E-state index in [4.69, 9.17) is 42.1 Å². The second-order valence-corrected chi connectivity index (χ2v) is 11.5. The minimum atomic E-state index is -0.404. The van der Waals surface area contributed by atoms with E-state index in [1.54, 1.807) is 66.7 Å². The molecule has 0 aliphatic heterocycles. The number of carbonyl (C=O) groups excluding carboxylic acids is 1. The summed E-state index contributed by atoms with van der Waals surface area (Å²) < 4.78 is 18.9. The number of anilines is 1. The van der Waals surface area contributed by atoms with Gasteiger partial charge in [-0.3, -0.25) is 9.59 Å². The number of carbonyl (C=O) groups is 1. The molecule has 9 nitrogen and oxygen atoms in total. The first-order chi connectivity index (χ1) is 21.7. The Hall–Kier alpha value is -4.64. The van der Waals surface area contributed by atoms with Gasteiger partial charge in [-0.15, -0.1) is 0 Å². The van der Waals surface area contributed by atoms with E-state index in [0.29, 0.717) is 43.0 Å². The van der Waals surface area contributed by atoms with Crippen molar-refractivity contribution in [3.8, 4) is 23.1 Å². The molecule has 226 valence electrons. The van der Waals surface area contributed by atoms with Gasteiger partial charge in [0.15, 0.2) is 23.9 Å². The minimum absolute atomic E-state index is 0.150. The van der Waals surface area contributed by atoms with Crippen LogP contribution in [0.3, 0.4) is 0 Å². The zero-order valence-electron chi connectivity index (χ0n) is 23.8. The van der Waals surface area contributed by atoms with Crippen molar-refractivity contribution in [1.82, 2.24) is 9.66 Å². The van der Waals surface area contributed by atoms with E-state index in [1.807, 2.05) is 19.1 Å². The lowest BCUT2D eigenvalue weighted by Gasteiger charge is -2.15. The summed E-state index contributed by atoms with van der Waals surface area (Å²) in [6.07, 6.45) is 1.44. The number of hydrogen-bond donors (Lipinski definition) is 1. The Morgan fingerprint density at radius 3 is 2.64 bits per heavy atom. The lowest BCUT2D eigenvalue weighted by Crippen LogP contribution is -2.20. The van der Waals surface area contributed by atoms with Gasteiger partial charge in [-0.2, -0.15) is 9.78 Å². The van der Waals surface area contributed by atoms with Gasteiger partial charge in [0.2, 0.25) is 5.82 Å². The van der Waals surface area contributed by atoms with Gasteiger partial charge in [0, 0.05) is 26.1 Å². The molecule has 2 heterocycles. The fraction of sp³-hybridized carbons (Fsp3) is 0.0909. The van der Waals surface area contributed by atoms with E-state index in [-0.39, 0.29) is 34.9 Å². The molecule has 1 amide bonds. The molecule has 0 aliphatic rings. The predicted octanol–water partition coefficient (Wildman–Crippen LogP) is 8.10. The van der Waals surface area contributed by atoms with Crippen LogP contribution in [-0.4, -0.2) is 35.5 Å². The van der Waals surface area contributed by atoms with Gasteiger partial charge in [0.05, 0.1) is 24.2 Å². The summed E-state index contributed by atoms with van der Waals surface area (Å²) in [5, 5.41) is 9.10. The molecule has 12 heteroatoms. The average molecular weight is 706 g/mol. The van der Waals surface area contributed by atoms with Gasteiger partial charge in [-0.05, 0) is 77.5 Å². The highest BCUT2D eigenvalue weighted by Gasteiger charge is 2.20. The summed E-state index contributed by atoms with van der Waals surface area (Å²) in [6, 6.07) is 23.0. The third-order valence-electron chi connectivity index (χ3n) is 6.82. The lowest BCUT2D eigenvalue weighted by molar-refractivity contribution is -0.118. The second-order valence-electron chi connectivity index (χ2n) is 9.93. The van der Waals surface area contributed by atoms with Crippen LogP contribution in [0.25, 0.3) is 33.5 Å². The van der Waals surface area contributed by atoms with E-state index in [2.05, 4.69) is 26.3 Å². The number of nitrogens with zero attached hydrogens (tertiary/aromatic N) is 3. The Bertz CT molecular complexity index is 2180. The summed E-state index contributed by atoms with van der Waals surface area (Å²) in [5.41, 5.74) is 2.85. The zero-order chi connectivity index (χ0) is 31.7. The minimum Gasteiger partial charge on any atom is -0.493 e. The van der Waals surface area contributed by atoms with Crippen LogP contribution < -0.4 is 20.3 Å². The number of halogens is 3. The highest BCUT2D eigenvalue weighted by molar-refractivity contribution is 9.10. The number of rotatable bonds is 8. The Balaban J connectivity index is 1.34. The zero-order valence-corrected chi connectivity index (χ0v) is 26.9. The molecule has 0 saturated carbocycles. The van der Waals surface area contributed by atoms with Crippen molar-refractivity contribution in [2.24, 2.45) is 5.10 Å². The van der Waals surface area contributed by atoms with Gasteiger partial charge in [-0.1, -0.05) is 53.0 Å². The summed E-state index contributed by atoms with van der Waals surface area (Å²) in [7, 11) is 1.45. The van der Waals surface area contributed by atoms with Crippen molar-refractivity contribution in [1.29, 1.82) is 0 Å². The topological polar surface area (TPSA) is 108 Å². The number of amides is 1. The van der Waals surface area contributed by atoms with Gasteiger partial charge in [0.1, 0.15) is 10.6 Å². The molecule has 2 aromatic heterocycles. The quantitative estimate of drug-likeness (QED) is 0.160. The summed E-state index contributed by atoms with van der Waals surface area (Å²) in [5.74, 6) is 0.562. The first-order valence-corrected chi connectivity index (χ1v) is 15.1. The molecule has 0 unspecified atom stereocenters. The smallest absolute Gasteiger partial charge is 0.282 e. The Kier molecular flexibility index (Phi) is 8.62. The van der Waals surface area contributed by atoms with Gasteiger partial charge < -0.3 is 19.2 Å². The van der Waals surface area contributed by atoms with Crippen LogP contribution in [0.1, 0.15) is 11.1 Å². The van der Waals surface area contributed by atoms with E-state index in [9.17, 15) is 9.59 Å². The number of aromatic nitrogens is 2. The number of aryl methyl sites for hydroxylation is 1. The molecule has 0 saturated heterocycles. The molecule has 6 aromatic rings. The molecule has 0 aliphatic carbocycles. The van der Waals surface area contributed by atoms with E-state index >= 15 is 0 Å². The number of methoxy groups -OCH3 is 1. The van der Waals surface area contributed by atoms with E-state index < -0.39 is 5.56 Å². The molecule has 0 bridgehead atoms. The van der Waals surface area contributed by atoms with Crippen molar-refractivity contribution < 1.29 is 18.7 Å². The maximum Gasteiger partial charge on any atom is 0.282 e. The molecule has 0 atom stereocenters. The lowest BCUT2D eigenvalue weighted by atomic mass is 10.2. The number of furan rings is 1. The normalized spacial score (nSPS) is 11.4. The van der Waals surface area contributed by atoms with E-state index in [0.717, 1.165) is 15.6 Å². The van der Waals surface area contributed by atoms with Crippen molar-refractivity contribution >= 4 is 78.8 Å². The molecule has 0 fully saturated rings. The van der Waals surface area contributed by atoms with Crippen LogP contribution >= 0.6 is 39.1 Å². The Morgan fingerprint density at radius 2 is 1.87 bits per heavy atom. The van der Waals surface area contributed by atoms with Gasteiger partial charge >= 0.3 is 0 Å². The number of fused-ring (bicyclic) bond motifs is 2. The molecule has 45 heavy (non-hydrogen) atoms. The van der Waals surface area contributed by atoms with Gasteiger partial charge in [-0.25, -0.2) is 4.98 Å². The maximum absolute atomic E-state index is 13.7. The molecule has 0 spiro atoms. The Morgan fingerprint density at radius 1 is 1.09 bits per heavy atom. The van der Waals surface area contributed by atoms with Crippen molar-refractivity contribution in [2.75, 3.05) is 19.0 Å². The van der Waals surface area contributed by atoms with Crippen LogP contribution in [0.15, 0.2) is 97.6 Å². The average Bonchev–Trinajstić information content (AvgIpc) is 3.46. The SMILES string of the molecule is COc1cc(C=Nn2c(-c3cc4cc(Cl)ccc4o3)nc3ccccc3c2=O)c(Br)c(Cl)c1OCC(=O)Nc1ccc(C)cc1. The summed E-state index contributed by atoms with van der Waals surface area (Å²) >= 11 is 16.3. The molecule has 4 aromatic carbocycles. The number of benzene rings is 4. The molecular weight excluding hydrogens is 683 g/mol. The predicted molar refractivity (Wildman–Crippen MR) is 180 cm³/mol. The first-order valence-electron chi connectivity index (χ1n) is 13.5. The highest BCUT2D eigenvalue weighted by atomic mass is 79.9. The monoisotopic (exact) mass is 704 g/mol. The van der Waals surface area contributed by atoms with E-state index in [1.165, 1.54) is 13.3 Å². The number of para-hydroxylation sites is 1. The summed E-state index contributed by atoms with van der Waals surface area (Å²) in [4.78, 5) is 30.9. The van der Waals surface area contributed by atoms with Crippen LogP contribution in [0.4, 0.5) is 5.69 Å². The number of ether oxygens (including phenoxy) is 2. The summed E-state index contributed by atoms with van der Waals surface area (Å²) in [6.45, 7) is 1.65. The first kappa shape index (κ1) is 30.4. The molecule has 1 N–H and O–H groups in total.